The van der Waals surface area contributed by atoms with Gasteiger partial charge in [0.25, 0.3) is 0 Å². The SMILES string of the molecule is COc1c(OC2CCN(C(=O)OC(C)C)CC2)ccnc1Nc1ccc(N2CC(S(C)(=O)=O)C2)nc1C. The summed E-state index contributed by atoms with van der Waals surface area (Å²) in [4.78, 5) is 24.9. The predicted molar refractivity (Wildman–Crippen MR) is 141 cm³/mol. The monoisotopic (exact) mass is 533 g/mol. The summed E-state index contributed by atoms with van der Waals surface area (Å²) in [7, 11) is -1.47. The standard InChI is InChI=1S/C25H35N5O6S/c1-16(2)35-25(31)29-12-9-18(10-13-29)36-21-8-11-26-24(23(21)34-4)28-20-6-7-22(27-17(20)3)30-14-19(15-30)37(5,32)33/h6-8,11,16,18-19H,9-10,12-15H2,1-5H3,(H,26,28). The molecule has 0 bridgehead atoms. The average molecular weight is 534 g/mol. The number of likely N-dealkylation sites (tertiary alicyclic amines) is 1. The molecular weight excluding hydrogens is 498 g/mol. The number of methoxy groups -OCH3 is 1. The smallest absolute Gasteiger partial charge is 0.410 e. The number of pyridine rings is 2. The fourth-order valence-corrected chi connectivity index (χ4v) is 5.20. The number of hydrogen-bond acceptors (Lipinski definition) is 10. The van der Waals surface area contributed by atoms with E-state index < -0.39 is 9.84 Å². The van der Waals surface area contributed by atoms with Crippen LogP contribution >= 0.6 is 0 Å². The Morgan fingerprint density at radius 3 is 2.46 bits per heavy atom. The number of carbonyl (C=O) groups is 1. The van der Waals surface area contributed by atoms with E-state index in [1.165, 1.54) is 6.26 Å². The third-order valence-corrected chi connectivity index (χ3v) is 8.01. The Hall–Kier alpha value is -3.28. The Morgan fingerprint density at radius 2 is 1.86 bits per heavy atom. The van der Waals surface area contributed by atoms with E-state index in [1.54, 1.807) is 24.3 Å². The molecule has 2 aliphatic heterocycles. The maximum Gasteiger partial charge on any atom is 0.410 e. The number of aryl methyl sites for hydroxylation is 1. The van der Waals surface area contributed by atoms with Crippen molar-refractivity contribution in [3.8, 4) is 11.5 Å². The quantitative estimate of drug-likeness (QED) is 0.541. The summed E-state index contributed by atoms with van der Waals surface area (Å²) in [5.74, 6) is 2.28. The normalized spacial score (nSPS) is 16.9. The van der Waals surface area contributed by atoms with Gasteiger partial charge in [0.05, 0.1) is 29.8 Å². The lowest BCUT2D eigenvalue weighted by Crippen LogP contribution is -2.54. The minimum atomic E-state index is -3.04. The summed E-state index contributed by atoms with van der Waals surface area (Å²) in [6.45, 7) is 7.58. The second-order valence-electron chi connectivity index (χ2n) is 9.71. The number of nitrogens with zero attached hydrogens (tertiary/aromatic N) is 4. The van der Waals surface area contributed by atoms with Gasteiger partial charge in [-0.25, -0.2) is 23.2 Å². The summed E-state index contributed by atoms with van der Waals surface area (Å²) in [6.07, 6.45) is 3.78. The van der Waals surface area contributed by atoms with E-state index in [-0.39, 0.29) is 23.6 Å². The first-order valence-corrected chi connectivity index (χ1v) is 14.3. The van der Waals surface area contributed by atoms with Crippen molar-refractivity contribution in [2.24, 2.45) is 0 Å². The Labute approximate surface area is 218 Å². The molecule has 0 unspecified atom stereocenters. The highest BCUT2D eigenvalue weighted by Gasteiger charge is 2.35. The van der Waals surface area contributed by atoms with Crippen LogP contribution in [0.25, 0.3) is 0 Å². The van der Waals surface area contributed by atoms with Gasteiger partial charge < -0.3 is 29.3 Å². The van der Waals surface area contributed by atoms with Crippen molar-refractivity contribution in [2.45, 2.75) is 51.1 Å². The van der Waals surface area contributed by atoms with E-state index >= 15 is 0 Å². The Bertz CT molecular complexity index is 1220. The maximum absolute atomic E-state index is 12.1. The number of rotatable bonds is 8. The Morgan fingerprint density at radius 1 is 1.16 bits per heavy atom. The summed E-state index contributed by atoms with van der Waals surface area (Å²) in [5, 5.41) is 2.94. The largest absolute Gasteiger partial charge is 0.490 e. The number of piperidine rings is 1. The first-order chi connectivity index (χ1) is 17.5. The van der Waals surface area contributed by atoms with Crippen LogP contribution in [0.3, 0.4) is 0 Å². The number of ether oxygens (including phenoxy) is 3. The first kappa shape index (κ1) is 26.8. The van der Waals surface area contributed by atoms with Gasteiger partial charge >= 0.3 is 6.09 Å². The highest BCUT2D eigenvalue weighted by Crippen LogP contribution is 2.37. The summed E-state index contributed by atoms with van der Waals surface area (Å²) in [6, 6.07) is 5.52. The number of nitrogens with one attached hydrogen (secondary N) is 1. The molecule has 1 N–H and O–H groups in total. The highest BCUT2D eigenvalue weighted by atomic mass is 32.2. The molecule has 2 fully saturated rings. The lowest BCUT2D eigenvalue weighted by Gasteiger charge is -2.39. The van der Waals surface area contributed by atoms with Crippen LogP contribution in [-0.4, -0.2) is 86.4 Å². The second-order valence-corrected chi connectivity index (χ2v) is 12.0. The van der Waals surface area contributed by atoms with E-state index in [9.17, 15) is 13.2 Å². The van der Waals surface area contributed by atoms with E-state index in [2.05, 4.69) is 15.3 Å². The molecule has 12 heteroatoms. The van der Waals surface area contributed by atoms with Crippen LogP contribution in [0, 0.1) is 6.92 Å². The fraction of sp³-hybridized carbons (Fsp3) is 0.560. The molecule has 2 aromatic rings. The summed E-state index contributed by atoms with van der Waals surface area (Å²) in [5.41, 5.74) is 1.50. The van der Waals surface area contributed by atoms with Crippen molar-refractivity contribution < 1.29 is 27.4 Å². The van der Waals surface area contributed by atoms with E-state index in [1.807, 2.05) is 37.8 Å². The molecule has 1 amide bonds. The fourth-order valence-electron chi connectivity index (χ4n) is 4.30. The van der Waals surface area contributed by atoms with Gasteiger partial charge in [0, 0.05) is 57.5 Å². The van der Waals surface area contributed by atoms with Gasteiger partial charge in [-0.2, -0.15) is 0 Å². The van der Waals surface area contributed by atoms with Gasteiger partial charge in [-0.05, 0) is 32.9 Å². The Kier molecular flexibility index (Phi) is 7.96. The van der Waals surface area contributed by atoms with Gasteiger partial charge in [-0.3, -0.25) is 0 Å². The number of carbonyl (C=O) groups excluding carboxylic acids is 1. The molecule has 0 radical (unpaired) electrons. The van der Waals surface area contributed by atoms with Crippen molar-refractivity contribution in [1.29, 1.82) is 0 Å². The average Bonchev–Trinajstić information content (AvgIpc) is 2.79. The molecule has 2 aromatic heterocycles. The van der Waals surface area contributed by atoms with Crippen LogP contribution in [0.15, 0.2) is 24.4 Å². The lowest BCUT2D eigenvalue weighted by atomic mass is 10.1. The van der Waals surface area contributed by atoms with E-state index in [4.69, 9.17) is 14.2 Å². The summed E-state index contributed by atoms with van der Waals surface area (Å²) < 4.78 is 40.6. The first-order valence-electron chi connectivity index (χ1n) is 12.4. The zero-order valence-corrected chi connectivity index (χ0v) is 22.7. The summed E-state index contributed by atoms with van der Waals surface area (Å²) >= 11 is 0. The molecule has 4 rings (SSSR count). The third-order valence-electron chi connectivity index (χ3n) is 6.50. The highest BCUT2D eigenvalue weighted by molar-refractivity contribution is 7.91. The molecule has 0 spiro atoms. The van der Waals surface area contributed by atoms with Crippen LogP contribution in [-0.2, 0) is 14.6 Å². The van der Waals surface area contributed by atoms with Crippen molar-refractivity contribution >= 4 is 33.3 Å². The molecule has 2 saturated heterocycles. The van der Waals surface area contributed by atoms with Crippen molar-refractivity contribution in [3.63, 3.8) is 0 Å². The molecule has 0 aliphatic carbocycles. The van der Waals surface area contributed by atoms with Crippen LogP contribution in [0.2, 0.25) is 0 Å². The predicted octanol–water partition coefficient (Wildman–Crippen LogP) is 3.16. The second kappa shape index (κ2) is 11.0. The van der Waals surface area contributed by atoms with Crippen molar-refractivity contribution in [1.82, 2.24) is 14.9 Å². The van der Waals surface area contributed by atoms with Gasteiger partial charge in [0.2, 0.25) is 5.75 Å². The van der Waals surface area contributed by atoms with Gasteiger partial charge in [-0.1, -0.05) is 0 Å². The molecule has 37 heavy (non-hydrogen) atoms. The minimum Gasteiger partial charge on any atom is -0.490 e. The number of amides is 1. The zero-order chi connectivity index (χ0) is 26.7. The number of hydrogen-bond donors (Lipinski definition) is 1. The van der Waals surface area contributed by atoms with Crippen molar-refractivity contribution in [2.75, 3.05) is 49.8 Å². The number of aromatic nitrogens is 2. The molecule has 2 aliphatic rings. The van der Waals surface area contributed by atoms with Gasteiger partial charge in [0.15, 0.2) is 21.4 Å². The van der Waals surface area contributed by atoms with Crippen LogP contribution in [0.1, 0.15) is 32.4 Å². The molecule has 202 valence electrons. The maximum atomic E-state index is 12.1. The molecule has 0 saturated carbocycles. The molecule has 0 atom stereocenters. The lowest BCUT2D eigenvalue weighted by molar-refractivity contribution is 0.0511. The van der Waals surface area contributed by atoms with E-state index in [0.717, 1.165) is 17.2 Å². The molecule has 0 aromatic carbocycles. The minimum absolute atomic E-state index is 0.0674. The topological polar surface area (TPSA) is 123 Å². The molecule has 4 heterocycles. The van der Waals surface area contributed by atoms with Crippen molar-refractivity contribution in [3.05, 3.63) is 30.1 Å². The van der Waals surface area contributed by atoms with Crippen LogP contribution < -0.4 is 19.7 Å². The third kappa shape index (κ3) is 6.35. The van der Waals surface area contributed by atoms with Gasteiger partial charge in [-0.15, -0.1) is 0 Å². The number of anilines is 3. The van der Waals surface area contributed by atoms with Crippen LogP contribution in [0.5, 0.6) is 11.5 Å². The zero-order valence-electron chi connectivity index (χ0n) is 21.9. The Balaban J connectivity index is 1.40. The van der Waals surface area contributed by atoms with E-state index in [0.29, 0.717) is 56.3 Å². The molecular formula is C25H35N5O6S. The van der Waals surface area contributed by atoms with Crippen LogP contribution in [0.4, 0.5) is 22.1 Å². The number of sulfone groups is 1. The molecule has 11 nitrogen and oxygen atoms in total. The van der Waals surface area contributed by atoms with Gasteiger partial charge in [0.1, 0.15) is 11.9 Å².